The molecule has 2 aliphatic heterocycles. The highest BCUT2D eigenvalue weighted by atomic mass is 79.9. The number of anilines is 1. The Kier molecular flexibility index (Phi) is 4.58. The Bertz CT molecular complexity index is 480. The van der Waals surface area contributed by atoms with Crippen LogP contribution in [0.25, 0.3) is 0 Å². The first kappa shape index (κ1) is 14.7. The number of hydrogen-bond donors (Lipinski definition) is 0. The minimum Gasteiger partial charge on any atom is -0.366 e. The molecule has 2 aliphatic rings. The molecule has 4 heteroatoms. The van der Waals surface area contributed by atoms with E-state index in [0.717, 1.165) is 22.9 Å². The van der Waals surface area contributed by atoms with E-state index in [1.807, 2.05) is 6.07 Å². The number of fused-ring (bicyclic) bond motifs is 1. The first-order chi connectivity index (χ1) is 9.70. The number of alkyl halides is 1. The summed E-state index contributed by atoms with van der Waals surface area (Å²) in [6.07, 6.45) is 4.09. The summed E-state index contributed by atoms with van der Waals surface area (Å²) in [7, 11) is 0. The van der Waals surface area contributed by atoms with Crippen LogP contribution in [0, 0.1) is 0 Å². The van der Waals surface area contributed by atoms with Gasteiger partial charge in [0.25, 0.3) is 0 Å². The van der Waals surface area contributed by atoms with Crippen molar-refractivity contribution in [3.63, 3.8) is 0 Å². The molecule has 1 aromatic carbocycles. The summed E-state index contributed by atoms with van der Waals surface area (Å²) in [5, 5.41) is 1.69. The van der Waals surface area contributed by atoms with Crippen LogP contribution in [0.5, 0.6) is 0 Å². The third-order valence-electron chi connectivity index (χ3n) is 4.72. The molecule has 0 aliphatic carbocycles. The SMILES string of the molecule is CC1CN2CCCCC2CN1c1cccc(Cl)c1CBr. The number of piperidine rings is 1. The number of piperazine rings is 1. The highest BCUT2D eigenvalue weighted by Crippen LogP contribution is 2.34. The molecule has 0 N–H and O–H groups in total. The fraction of sp³-hybridized carbons (Fsp3) is 0.625. The van der Waals surface area contributed by atoms with E-state index in [2.05, 4.69) is 44.8 Å². The number of benzene rings is 1. The molecule has 0 aromatic heterocycles. The third-order valence-corrected chi connectivity index (χ3v) is 5.64. The summed E-state index contributed by atoms with van der Waals surface area (Å²) in [4.78, 5) is 5.25. The minimum absolute atomic E-state index is 0.556. The second kappa shape index (κ2) is 6.25. The lowest BCUT2D eigenvalue weighted by Crippen LogP contribution is -2.59. The van der Waals surface area contributed by atoms with E-state index >= 15 is 0 Å². The standard InChI is InChI=1S/C16H22BrClN2/c1-12-10-19-8-3-2-5-13(19)11-20(12)16-7-4-6-15(18)14(16)9-17/h4,6-7,12-13H,2-3,5,8-11H2,1H3. The van der Waals surface area contributed by atoms with Crippen molar-refractivity contribution in [1.29, 1.82) is 0 Å². The maximum absolute atomic E-state index is 6.37. The van der Waals surface area contributed by atoms with Crippen LogP contribution in [-0.2, 0) is 5.33 Å². The lowest BCUT2D eigenvalue weighted by atomic mass is 9.96. The van der Waals surface area contributed by atoms with Crippen molar-refractivity contribution in [1.82, 2.24) is 4.90 Å². The molecule has 0 bridgehead atoms. The summed E-state index contributed by atoms with van der Waals surface area (Å²) in [5.74, 6) is 0. The molecule has 2 fully saturated rings. The van der Waals surface area contributed by atoms with Gasteiger partial charge in [0.2, 0.25) is 0 Å². The smallest absolute Gasteiger partial charge is 0.0467 e. The van der Waals surface area contributed by atoms with Gasteiger partial charge in [0, 0.05) is 46.8 Å². The molecule has 0 radical (unpaired) electrons. The molecule has 2 atom stereocenters. The third kappa shape index (κ3) is 2.72. The normalized spacial score (nSPS) is 27.4. The van der Waals surface area contributed by atoms with Crippen LogP contribution in [0.15, 0.2) is 18.2 Å². The molecular formula is C16H22BrClN2. The van der Waals surface area contributed by atoms with Gasteiger partial charge in [-0.15, -0.1) is 0 Å². The van der Waals surface area contributed by atoms with Gasteiger partial charge in [-0.05, 0) is 38.4 Å². The van der Waals surface area contributed by atoms with E-state index in [-0.39, 0.29) is 0 Å². The zero-order valence-electron chi connectivity index (χ0n) is 12.0. The molecule has 110 valence electrons. The average Bonchev–Trinajstić information content (AvgIpc) is 2.46. The quantitative estimate of drug-likeness (QED) is 0.728. The summed E-state index contributed by atoms with van der Waals surface area (Å²) in [6, 6.07) is 7.56. The molecule has 0 amide bonds. The first-order valence-corrected chi connectivity index (χ1v) is 9.04. The molecule has 2 saturated heterocycles. The predicted octanol–water partition coefficient (Wildman–Crippen LogP) is 4.30. The lowest BCUT2D eigenvalue weighted by Gasteiger charge is -2.49. The Hall–Kier alpha value is -0.250. The topological polar surface area (TPSA) is 6.48 Å². The maximum Gasteiger partial charge on any atom is 0.0467 e. The molecule has 1 aromatic rings. The van der Waals surface area contributed by atoms with Crippen molar-refractivity contribution in [3.05, 3.63) is 28.8 Å². The highest BCUT2D eigenvalue weighted by molar-refractivity contribution is 9.08. The van der Waals surface area contributed by atoms with Crippen LogP contribution in [0.2, 0.25) is 5.02 Å². The second-order valence-corrected chi connectivity index (χ2v) is 6.99. The molecular weight excluding hydrogens is 336 g/mol. The molecule has 2 heterocycles. The Morgan fingerprint density at radius 1 is 1.30 bits per heavy atom. The Morgan fingerprint density at radius 2 is 2.15 bits per heavy atom. The van der Waals surface area contributed by atoms with Crippen molar-refractivity contribution in [2.45, 2.75) is 43.6 Å². The maximum atomic E-state index is 6.37. The van der Waals surface area contributed by atoms with Crippen LogP contribution < -0.4 is 4.90 Å². The van der Waals surface area contributed by atoms with Gasteiger partial charge >= 0.3 is 0 Å². The summed E-state index contributed by atoms with van der Waals surface area (Å²) in [5.41, 5.74) is 2.54. The van der Waals surface area contributed by atoms with E-state index < -0.39 is 0 Å². The lowest BCUT2D eigenvalue weighted by molar-refractivity contribution is 0.115. The zero-order valence-corrected chi connectivity index (χ0v) is 14.3. The monoisotopic (exact) mass is 356 g/mol. The minimum atomic E-state index is 0.556. The van der Waals surface area contributed by atoms with Crippen LogP contribution in [0.1, 0.15) is 31.7 Å². The summed E-state index contributed by atoms with van der Waals surface area (Å²) in [6.45, 7) is 5.94. The van der Waals surface area contributed by atoms with Gasteiger partial charge in [-0.2, -0.15) is 0 Å². The highest BCUT2D eigenvalue weighted by Gasteiger charge is 2.33. The zero-order chi connectivity index (χ0) is 14.1. The fourth-order valence-electron chi connectivity index (χ4n) is 3.64. The van der Waals surface area contributed by atoms with Gasteiger partial charge in [-0.25, -0.2) is 0 Å². The van der Waals surface area contributed by atoms with E-state index in [0.29, 0.717) is 6.04 Å². The van der Waals surface area contributed by atoms with Crippen molar-refractivity contribution < 1.29 is 0 Å². The molecule has 0 spiro atoms. The molecule has 20 heavy (non-hydrogen) atoms. The van der Waals surface area contributed by atoms with Crippen molar-refractivity contribution >= 4 is 33.2 Å². The summed E-state index contributed by atoms with van der Waals surface area (Å²) < 4.78 is 0. The molecule has 2 nitrogen and oxygen atoms in total. The van der Waals surface area contributed by atoms with Gasteiger partial charge in [-0.3, -0.25) is 4.90 Å². The van der Waals surface area contributed by atoms with E-state index in [1.165, 1.54) is 43.6 Å². The second-order valence-electron chi connectivity index (χ2n) is 6.02. The average molecular weight is 358 g/mol. The van der Waals surface area contributed by atoms with Gasteiger partial charge < -0.3 is 4.90 Å². The van der Waals surface area contributed by atoms with E-state index in [9.17, 15) is 0 Å². The van der Waals surface area contributed by atoms with Crippen LogP contribution in [-0.4, -0.2) is 36.6 Å². The number of nitrogens with zero attached hydrogens (tertiary/aromatic N) is 2. The molecule has 0 saturated carbocycles. The summed E-state index contributed by atoms with van der Waals surface area (Å²) >= 11 is 9.96. The van der Waals surface area contributed by atoms with Gasteiger partial charge in [0.15, 0.2) is 0 Å². The molecule has 2 unspecified atom stereocenters. The van der Waals surface area contributed by atoms with E-state index in [4.69, 9.17) is 11.6 Å². The number of hydrogen-bond acceptors (Lipinski definition) is 2. The van der Waals surface area contributed by atoms with Crippen molar-refractivity contribution in [2.24, 2.45) is 0 Å². The van der Waals surface area contributed by atoms with Gasteiger partial charge in [-0.1, -0.05) is 40.0 Å². The van der Waals surface area contributed by atoms with Crippen LogP contribution >= 0.6 is 27.5 Å². The van der Waals surface area contributed by atoms with Gasteiger partial charge in [0.1, 0.15) is 0 Å². The van der Waals surface area contributed by atoms with E-state index in [1.54, 1.807) is 0 Å². The first-order valence-electron chi connectivity index (χ1n) is 7.54. The fourth-order valence-corrected chi connectivity index (χ4v) is 4.62. The number of rotatable bonds is 2. The Labute approximate surface area is 135 Å². The van der Waals surface area contributed by atoms with Crippen LogP contribution in [0.4, 0.5) is 5.69 Å². The Morgan fingerprint density at radius 3 is 2.95 bits per heavy atom. The van der Waals surface area contributed by atoms with Gasteiger partial charge in [0.05, 0.1) is 0 Å². The number of halogens is 2. The van der Waals surface area contributed by atoms with Crippen molar-refractivity contribution in [3.8, 4) is 0 Å². The molecule has 3 rings (SSSR count). The van der Waals surface area contributed by atoms with Crippen molar-refractivity contribution in [2.75, 3.05) is 24.5 Å². The Balaban J connectivity index is 1.88. The largest absolute Gasteiger partial charge is 0.366 e. The van der Waals surface area contributed by atoms with Crippen LogP contribution in [0.3, 0.4) is 0 Å². The predicted molar refractivity (Wildman–Crippen MR) is 90.1 cm³/mol.